The maximum absolute atomic E-state index is 12.8. The van der Waals surface area contributed by atoms with E-state index >= 15 is 0 Å². The Morgan fingerprint density at radius 3 is 2.94 bits per heavy atom. The van der Waals surface area contributed by atoms with E-state index in [9.17, 15) is 9.18 Å². The van der Waals surface area contributed by atoms with Crippen LogP contribution in [0.4, 0.5) is 4.39 Å². The van der Waals surface area contributed by atoms with Crippen LogP contribution < -0.4 is 0 Å². The van der Waals surface area contributed by atoms with Crippen molar-refractivity contribution in [2.24, 2.45) is 0 Å². The Bertz CT molecular complexity index is 358. The van der Waals surface area contributed by atoms with Crippen molar-refractivity contribution in [3.8, 4) is 0 Å². The third-order valence-electron chi connectivity index (χ3n) is 2.12. The van der Waals surface area contributed by atoms with E-state index in [1.54, 1.807) is 14.2 Å². The van der Waals surface area contributed by atoms with Crippen molar-refractivity contribution in [2.45, 2.75) is 6.42 Å². The fourth-order valence-corrected chi connectivity index (χ4v) is 1.27. The highest BCUT2D eigenvalue weighted by Crippen LogP contribution is 2.02. The number of nitrogens with zero attached hydrogens (tertiary/aromatic N) is 2. The Kier molecular flexibility index (Phi) is 4.85. The summed E-state index contributed by atoms with van der Waals surface area (Å²) in [5.41, 5.74) is 0.125. The first-order valence-electron chi connectivity index (χ1n) is 5.02. The van der Waals surface area contributed by atoms with E-state index in [1.807, 2.05) is 0 Å². The van der Waals surface area contributed by atoms with E-state index in [-0.39, 0.29) is 11.6 Å². The Morgan fingerprint density at radius 2 is 2.31 bits per heavy atom. The molecule has 0 aliphatic heterocycles. The molecule has 0 saturated carbocycles. The van der Waals surface area contributed by atoms with Gasteiger partial charge in [-0.25, -0.2) is 4.98 Å². The fourth-order valence-electron chi connectivity index (χ4n) is 1.27. The average molecular weight is 226 g/mol. The summed E-state index contributed by atoms with van der Waals surface area (Å²) in [6, 6.07) is 4.18. The van der Waals surface area contributed by atoms with Gasteiger partial charge in [0.15, 0.2) is 0 Å². The minimum absolute atomic E-state index is 0.125. The largest absolute Gasteiger partial charge is 0.385 e. The number of pyridine rings is 1. The van der Waals surface area contributed by atoms with Crippen LogP contribution in [0.5, 0.6) is 0 Å². The number of halogens is 1. The van der Waals surface area contributed by atoms with Gasteiger partial charge in [0.25, 0.3) is 5.91 Å². The first-order valence-corrected chi connectivity index (χ1v) is 5.02. The maximum atomic E-state index is 12.8. The highest BCUT2D eigenvalue weighted by molar-refractivity contribution is 5.92. The lowest BCUT2D eigenvalue weighted by atomic mass is 10.3. The molecule has 0 aliphatic carbocycles. The van der Waals surface area contributed by atoms with Crippen molar-refractivity contribution >= 4 is 5.91 Å². The molecule has 1 amide bonds. The lowest BCUT2D eigenvalue weighted by molar-refractivity contribution is 0.0772. The van der Waals surface area contributed by atoms with Gasteiger partial charge >= 0.3 is 0 Å². The molecule has 0 fully saturated rings. The summed E-state index contributed by atoms with van der Waals surface area (Å²) in [7, 11) is 3.26. The van der Waals surface area contributed by atoms with Crippen LogP contribution in [0.2, 0.25) is 0 Å². The topological polar surface area (TPSA) is 42.4 Å². The molecule has 1 rings (SSSR count). The number of amides is 1. The second-order valence-corrected chi connectivity index (χ2v) is 3.42. The number of ether oxygens (including phenoxy) is 1. The van der Waals surface area contributed by atoms with Gasteiger partial charge in [0, 0.05) is 27.3 Å². The van der Waals surface area contributed by atoms with E-state index in [0.29, 0.717) is 13.2 Å². The van der Waals surface area contributed by atoms with Crippen LogP contribution in [0.1, 0.15) is 16.9 Å². The van der Waals surface area contributed by atoms with Crippen LogP contribution in [-0.4, -0.2) is 43.1 Å². The molecule has 0 N–H and O–H groups in total. The molecule has 0 aliphatic rings. The zero-order chi connectivity index (χ0) is 12.0. The summed E-state index contributed by atoms with van der Waals surface area (Å²) in [6.07, 6.45) is 0.744. The highest BCUT2D eigenvalue weighted by Gasteiger charge is 2.12. The summed E-state index contributed by atoms with van der Waals surface area (Å²) in [5.74, 6) is -0.924. The molecule has 0 aromatic carbocycles. The first-order chi connectivity index (χ1) is 7.65. The molecule has 0 saturated heterocycles. The zero-order valence-corrected chi connectivity index (χ0v) is 9.44. The molecule has 1 aromatic heterocycles. The van der Waals surface area contributed by atoms with Crippen molar-refractivity contribution in [1.29, 1.82) is 0 Å². The number of rotatable bonds is 5. The maximum Gasteiger partial charge on any atom is 0.272 e. The number of carbonyl (C=O) groups is 1. The molecule has 1 heterocycles. The number of hydrogen-bond donors (Lipinski definition) is 0. The minimum atomic E-state index is -0.642. The van der Waals surface area contributed by atoms with Gasteiger partial charge in [0.2, 0.25) is 5.95 Å². The van der Waals surface area contributed by atoms with Crippen LogP contribution in [0.15, 0.2) is 18.2 Å². The molecular weight excluding hydrogens is 211 g/mol. The normalized spacial score (nSPS) is 10.2. The van der Waals surface area contributed by atoms with Gasteiger partial charge in [-0.1, -0.05) is 6.07 Å². The second kappa shape index (κ2) is 6.17. The predicted octanol–water partition coefficient (Wildman–Crippen LogP) is 1.33. The van der Waals surface area contributed by atoms with Gasteiger partial charge < -0.3 is 9.64 Å². The first kappa shape index (κ1) is 12.6. The van der Waals surface area contributed by atoms with Crippen molar-refractivity contribution in [2.75, 3.05) is 27.3 Å². The Labute approximate surface area is 94.0 Å². The van der Waals surface area contributed by atoms with Gasteiger partial charge in [-0.05, 0) is 18.6 Å². The minimum Gasteiger partial charge on any atom is -0.385 e. The van der Waals surface area contributed by atoms with Gasteiger partial charge in [0.1, 0.15) is 5.69 Å². The third-order valence-corrected chi connectivity index (χ3v) is 2.12. The molecule has 4 nitrogen and oxygen atoms in total. The highest BCUT2D eigenvalue weighted by atomic mass is 19.1. The smallest absolute Gasteiger partial charge is 0.272 e. The molecule has 0 radical (unpaired) electrons. The van der Waals surface area contributed by atoms with E-state index in [0.717, 1.165) is 6.42 Å². The summed E-state index contributed by atoms with van der Waals surface area (Å²) >= 11 is 0. The third kappa shape index (κ3) is 3.58. The lowest BCUT2D eigenvalue weighted by Crippen LogP contribution is -2.29. The van der Waals surface area contributed by atoms with E-state index in [2.05, 4.69) is 4.98 Å². The predicted molar refractivity (Wildman–Crippen MR) is 57.6 cm³/mol. The molecule has 1 aromatic rings. The van der Waals surface area contributed by atoms with Crippen LogP contribution in [0.3, 0.4) is 0 Å². The van der Waals surface area contributed by atoms with Crippen LogP contribution >= 0.6 is 0 Å². The summed E-state index contributed by atoms with van der Waals surface area (Å²) < 4.78 is 17.7. The molecule has 0 atom stereocenters. The van der Waals surface area contributed by atoms with E-state index in [4.69, 9.17) is 4.74 Å². The van der Waals surface area contributed by atoms with Crippen molar-refractivity contribution in [1.82, 2.24) is 9.88 Å². The van der Waals surface area contributed by atoms with Crippen LogP contribution in [0, 0.1) is 5.95 Å². The van der Waals surface area contributed by atoms with Gasteiger partial charge in [-0.3, -0.25) is 4.79 Å². The number of aromatic nitrogens is 1. The summed E-state index contributed by atoms with van der Waals surface area (Å²) in [6.45, 7) is 1.15. The van der Waals surface area contributed by atoms with Crippen molar-refractivity contribution < 1.29 is 13.9 Å². The van der Waals surface area contributed by atoms with Crippen LogP contribution in [0.25, 0.3) is 0 Å². The summed E-state index contributed by atoms with van der Waals surface area (Å²) in [5, 5.41) is 0. The quantitative estimate of drug-likeness (QED) is 0.562. The van der Waals surface area contributed by atoms with E-state index in [1.165, 1.54) is 23.1 Å². The molecule has 16 heavy (non-hydrogen) atoms. The summed E-state index contributed by atoms with van der Waals surface area (Å²) in [4.78, 5) is 16.8. The molecule has 0 spiro atoms. The monoisotopic (exact) mass is 226 g/mol. The Hall–Kier alpha value is -1.49. The fraction of sp³-hybridized carbons (Fsp3) is 0.455. The van der Waals surface area contributed by atoms with E-state index < -0.39 is 5.95 Å². The number of hydrogen-bond acceptors (Lipinski definition) is 3. The van der Waals surface area contributed by atoms with Crippen LogP contribution in [-0.2, 0) is 4.74 Å². The average Bonchev–Trinajstić information content (AvgIpc) is 2.28. The van der Waals surface area contributed by atoms with Gasteiger partial charge in [-0.15, -0.1) is 0 Å². The van der Waals surface area contributed by atoms with Crippen molar-refractivity contribution in [3.05, 3.63) is 29.8 Å². The van der Waals surface area contributed by atoms with Crippen molar-refractivity contribution in [3.63, 3.8) is 0 Å². The molecule has 5 heteroatoms. The Morgan fingerprint density at radius 1 is 1.56 bits per heavy atom. The Balaban J connectivity index is 2.56. The number of carbonyl (C=O) groups excluding carboxylic acids is 1. The zero-order valence-electron chi connectivity index (χ0n) is 9.44. The number of methoxy groups -OCH3 is 1. The lowest BCUT2D eigenvalue weighted by Gasteiger charge is -2.16. The molecular formula is C11H15FN2O2. The van der Waals surface area contributed by atoms with Gasteiger partial charge in [-0.2, -0.15) is 4.39 Å². The molecule has 88 valence electrons. The molecule has 0 bridgehead atoms. The standard InChI is InChI=1S/C11H15FN2O2/c1-14(7-4-8-16-2)11(15)9-5-3-6-10(12)13-9/h3,5-6H,4,7-8H2,1-2H3. The second-order valence-electron chi connectivity index (χ2n) is 3.42. The SMILES string of the molecule is COCCCN(C)C(=O)c1cccc(F)n1. The van der Waals surface area contributed by atoms with Gasteiger partial charge in [0.05, 0.1) is 0 Å². The molecule has 0 unspecified atom stereocenters.